The van der Waals surface area contributed by atoms with Crippen molar-refractivity contribution in [3.05, 3.63) is 18.0 Å². The van der Waals surface area contributed by atoms with E-state index in [1.165, 1.54) is 18.9 Å². The van der Waals surface area contributed by atoms with E-state index in [0.29, 0.717) is 11.4 Å². The van der Waals surface area contributed by atoms with Crippen LogP contribution in [0, 0.1) is 0 Å². The fourth-order valence-corrected chi connectivity index (χ4v) is 1.17. The summed E-state index contributed by atoms with van der Waals surface area (Å²) in [6.45, 7) is 3.61. The number of carbonyl (C=O) groups excluding carboxylic acids is 1. The molecule has 0 saturated heterocycles. The van der Waals surface area contributed by atoms with E-state index in [9.17, 15) is 4.79 Å². The summed E-state index contributed by atoms with van der Waals surface area (Å²) < 4.78 is 11.1. The van der Waals surface area contributed by atoms with Gasteiger partial charge < -0.3 is 9.47 Å². The molecule has 76 valence electrons. The van der Waals surface area contributed by atoms with E-state index in [2.05, 4.69) is 16.4 Å². The topological polar surface area (TPSA) is 53.4 Å². The number of ether oxygens (including phenoxy) is 2. The first-order chi connectivity index (χ1) is 6.65. The maximum absolute atomic E-state index is 11.3. The lowest BCUT2D eigenvalue weighted by Gasteiger charge is -2.00. The van der Waals surface area contributed by atoms with Crippen LogP contribution in [0.3, 0.4) is 0 Å². The SMILES string of the molecule is C=Cc1c(OC)c(C(=O)OC)nn1C. The molecule has 0 atom stereocenters. The fourth-order valence-electron chi connectivity index (χ4n) is 1.17. The number of aryl methyl sites for hydroxylation is 1. The van der Waals surface area contributed by atoms with E-state index < -0.39 is 5.97 Å². The van der Waals surface area contributed by atoms with Gasteiger partial charge in [-0.2, -0.15) is 5.10 Å². The van der Waals surface area contributed by atoms with Crippen molar-refractivity contribution >= 4 is 12.0 Å². The van der Waals surface area contributed by atoms with Crippen LogP contribution in [-0.2, 0) is 11.8 Å². The number of nitrogens with zero attached hydrogens (tertiary/aromatic N) is 2. The first kappa shape index (κ1) is 10.3. The molecule has 1 aromatic heterocycles. The van der Waals surface area contributed by atoms with Gasteiger partial charge in [0.15, 0.2) is 5.75 Å². The van der Waals surface area contributed by atoms with Gasteiger partial charge in [0.2, 0.25) is 5.69 Å². The van der Waals surface area contributed by atoms with Gasteiger partial charge in [-0.15, -0.1) is 0 Å². The smallest absolute Gasteiger partial charge is 0.362 e. The van der Waals surface area contributed by atoms with E-state index in [4.69, 9.17) is 4.74 Å². The van der Waals surface area contributed by atoms with Crippen molar-refractivity contribution in [3.63, 3.8) is 0 Å². The number of rotatable bonds is 3. The summed E-state index contributed by atoms with van der Waals surface area (Å²) in [4.78, 5) is 11.3. The summed E-state index contributed by atoms with van der Waals surface area (Å²) in [5, 5.41) is 3.97. The third-order valence-corrected chi connectivity index (χ3v) is 1.82. The van der Waals surface area contributed by atoms with E-state index in [1.54, 1.807) is 13.1 Å². The minimum Gasteiger partial charge on any atom is -0.492 e. The Kier molecular flexibility index (Phi) is 2.91. The van der Waals surface area contributed by atoms with E-state index in [0.717, 1.165) is 0 Å². The Labute approximate surface area is 81.9 Å². The van der Waals surface area contributed by atoms with Gasteiger partial charge in [-0.3, -0.25) is 4.68 Å². The highest BCUT2D eigenvalue weighted by molar-refractivity contribution is 5.91. The zero-order valence-electron chi connectivity index (χ0n) is 8.40. The van der Waals surface area contributed by atoms with E-state index >= 15 is 0 Å². The zero-order valence-corrected chi connectivity index (χ0v) is 8.40. The molecule has 5 heteroatoms. The van der Waals surface area contributed by atoms with Crippen LogP contribution in [-0.4, -0.2) is 30.0 Å². The highest BCUT2D eigenvalue weighted by Gasteiger charge is 2.21. The van der Waals surface area contributed by atoms with Crippen molar-refractivity contribution in [2.24, 2.45) is 7.05 Å². The molecular weight excluding hydrogens is 184 g/mol. The van der Waals surface area contributed by atoms with Gasteiger partial charge in [0.1, 0.15) is 5.69 Å². The maximum atomic E-state index is 11.3. The molecule has 0 radical (unpaired) electrons. The lowest BCUT2D eigenvalue weighted by molar-refractivity contribution is 0.0589. The number of esters is 1. The Balaban J connectivity index is 3.30. The maximum Gasteiger partial charge on any atom is 0.362 e. The molecule has 0 fully saturated rings. The third-order valence-electron chi connectivity index (χ3n) is 1.82. The Morgan fingerprint density at radius 1 is 1.57 bits per heavy atom. The average Bonchev–Trinajstić information content (AvgIpc) is 2.53. The third kappa shape index (κ3) is 1.48. The summed E-state index contributed by atoms with van der Waals surface area (Å²) in [5.41, 5.74) is 0.806. The molecule has 1 aromatic rings. The lowest BCUT2D eigenvalue weighted by atomic mass is 10.3. The van der Waals surface area contributed by atoms with Gasteiger partial charge in [0.05, 0.1) is 14.2 Å². The first-order valence-corrected chi connectivity index (χ1v) is 3.97. The Morgan fingerprint density at radius 3 is 2.64 bits per heavy atom. The van der Waals surface area contributed by atoms with E-state index in [1.807, 2.05) is 0 Å². The first-order valence-electron chi connectivity index (χ1n) is 3.97. The summed E-state index contributed by atoms with van der Waals surface area (Å²) >= 11 is 0. The number of methoxy groups -OCH3 is 2. The molecule has 0 aliphatic heterocycles. The molecule has 0 saturated carbocycles. The van der Waals surface area contributed by atoms with Crippen molar-refractivity contribution in [3.8, 4) is 5.75 Å². The minimum absolute atomic E-state index is 0.160. The molecule has 0 bridgehead atoms. The van der Waals surface area contributed by atoms with Gasteiger partial charge in [-0.25, -0.2) is 4.79 Å². The standard InChI is InChI=1S/C9H12N2O3/c1-5-6-8(13-3)7(9(12)14-4)10-11(6)2/h5H,1H2,2-4H3. The van der Waals surface area contributed by atoms with Crippen molar-refractivity contribution < 1.29 is 14.3 Å². The highest BCUT2D eigenvalue weighted by atomic mass is 16.5. The van der Waals surface area contributed by atoms with Crippen LogP contribution < -0.4 is 4.74 Å². The van der Waals surface area contributed by atoms with Gasteiger partial charge in [-0.1, -0.05) is 6.58 Å². The van der Waals surface area contributed by atoms with Crippen LogP contribution in [0.2, 0.25) is 0 Å². The van der Waals surface area contributed by atoms with Crippen molar-refractivity contribution in [2.75, 3.05) is 14.2 Å². The van der Waals surface area contributed by atoms with Crippen molar-refractivity contribution in [2.45, 2.75) is 0 Å². The predicted molar refractivity (Wildman–Crippen MR) is 51.2 cm³/mol. The second-order valence-corrected chi connectivity index (χ2v) is 2.59. The molecule has 0 aromatic carbocycles. The summed E-state index contributed by atoms with van der Waals surface area (Å²) in [5.74, 6) is -0.139. The molecule has 0 spiro atoms. The Hall–Kier alpha value is -1.78. The molecule has 0 aliphatic rings. The Bertz CT molecular complexity index is 368. The summed E-state index contributed by atoms with van der Waals surface area (Å²) in [7, 11) is 4.46. The molecule has 14 heavy (non-hydrogen) atoms. The van der Waals surface area contributed by atoms with Crippen LogP contribution in [0.4, 0.5) is 0 Å². The van der Waals surface area contributed by atoms with Crippen LogP contribution in [0.15, 0.2) is 6.58 Å². The number of hydrogen-bond acceptors (Lipinski definition) is 4. The van der Waals surface area contributed by atoms with Gasteiger partial charge >= 0.3 is 5.97 Å². The zero-order chi connectivity index (χ0) is 10.7. The Morgan fingerprint density at radius 2 is 2.21 bits per heavy atom. The van der Waals surface area contributed by atoms with Gasteiger partial charge in [0.25, 0.3) is 0 Å². The number of aromatic nitrogens is 2. The van der Waals surface area contributed by atoms with Crippen molar-refractivity contribution in [1.82, 2.24) is 9.78 Å². The van der Waals surface area contributed by atoms with Gasteiger partial charge in [-0.05, 0) is 6.08 Å². The molecular formula is C9H12N2O3. The van der Waals surface area contributed by atoms with Crippen LogP contribution in [0.25, 0.3) is 6.08 Å². The van der Waals surface area contributed by atoms with Crippen LogP contribution in [0.1, 0.15) is 16.2 Å². The molecule has 1 heterocycles. The molecule has 1 rings (SSSR count). The fraction of sp³-hybridized carbons (Fsp3) is 0.333. The van der Waals surface area contributed by atoms with Crippen LogP contribution in [0.5, 0.6) is 5.75 Å². The average molecular weight is 196 g/mol. The van der Waals surface area contributed by atoms with Crippen LogP contribution >= 0.6 is 0 Å². The minimum atomic E-state index is -0.523. The molecule has 0 N–H and O–H groups in total. The van der Waals surface area contributed by atoms with E-state index in [-0.39, 0.29) is 5.69 Å². The summed E-state index contributed by atoms with van der Waals surface area (Å²) in [6.07, 6.45) is 1.57. The lowest BCUT2D eigenvalue weighted by Crippen LogP contribution is -2.04. The quantitative estimate of drug-likeness (QED) is 0.673. The second kappa shape index (κ2) is 3.95. The number of carbonyl (C=O) groups is 1. The molecule has 0 aliphatic carbocycles. The largest absolute Gasteiger partial charge is 0.492 e. The molecule has 0 unspecified atom stereocenters. The second-order valence-electron chi connectivity index (χ2n) is 2.59. The van der Waals surface area contributed by atoms with Gasteiger partial charge in [0, 0.05) is 7.05 Å². The summed E-state index contributed by atoms with van der Waals surface area (Å²) in [6, 6.07) is 0. The predicted octanol–water partition coefficient (Wildman–Crippen LogP) is 0.858. The number of hydrogen-bond donors (Lipinski definition) is 0. The highest BCUT2D eigenvalue weighted by Crippen LogP contribution is 2.24. The molecule has 5 nitrogen and oxygen atoms in total. The normalized spacial score (nSPS) is 9.64. The monoisotopic (exact) mass is 196 g/mol. The van der Waals surface area contributed by atoms with Crippen molar-refractivity contribution in [1.29, 1.82) is 0 Å². The molecule has 0 amide bonds.